The van der Waals surface area contributed by atoms with Gasteiger partial charge in [0.25, 0.3) is 5.56 Å². The molecule has 1 heterocycles. The van der Waals surface area contributed by atoms with Crippen molar-refractivity contribution in [3.05, 3.63) is 27.9 Å². The van der Waals surface area contributed by atoms with E-state index in [4.69, 9.17) is 18.0 Å². The van der Waals surface area contributed by atoms with Gasteiger partial charge in [-0.25, -0.2) is 4.98 Å². The van der Waals surface area contributed by atoms with E-state index < -0.39 is 0 Å². The van der Waals surface area contributed by atoms with Crippen molar-refractivity contribution in [3.8, 4) is 0 Å². The Morgan fingerprint density at radius 3 is 2.71 bits per heavy atom. The Labute approximate surface area is 106 Å². The second-order valence-corrected chi connectivity index (χ2v) is 5.54. The quantitative estimate of drug-likeness (QED) is 0.820. The van der Waals surface area contributed by atoms with E-state index in [1.54, 1.807) is 10.6 Å². The van der Waals surface area contributed by atoms with Crippen molar-refractivity contribution in [2.24, 2.45) is 11.1 Å². The molecular weight excluding hydrogens is 234 g/mol. The fourth-order valence-electron chi connectivity index (χ4n) is 2.23. The van der Waals surface area contributed by atoms with Crippen molar-refractivity contribution in [1.82, 2.24) is 9.55 Å². The molecule has 1 aromatic rings. The molecule has 0 atom stereocenters. The summed E-state index contributed by atoms with van der Waals surface area (Å²) in [4.78, 5) is 16.8. The van der Waals surface area contributed by atoms with Gasteiger partial charge >= 0.3 is 0 Å². The lowest BCUT2D eigenvalue weighted by molar-refractivity contribution is 0.419. The van der Waals surface area contributed by atoms with Gasteiger partial charge in [0.1, 0.15) is 5.82 Å². The van der Waals surface area contributed by atoms with Gasteiger partial charge in [-0.1, -0.05) is 12.2 Å². The molecule has 0 aliphatic heterocycles. The molecule has 1 saturated carbocycles. The summed E-state index contributed by atoms with van der Waals surface area (Å²) in [6, 6.07) is 1.57. The maximum Gasteiger partial charge on any atom is 0.253 e. The molecule has 1 aromatic heterocycles. The Bertz CT molecular complexity index is 517. The SMILES string of the molecule is Cc1cc(=O)n(CC2(CC(N)=S)CC2)c(C)n1. The maximum absolute atomic E-state index is 11.9. The zero-order chi connectivity index (χ0) is 12.6. The van der Waals surface area contributed by atoms with Gasteiger partial charge in [-0.15, -0.1) is 0 Å². The van der Waals surface area contributed by atoms with Crippen LogP contribution in [0.15, 0.2) is 10.9 Å². The number of hydrogen-bond donors (Lipinski definition) is 1. The zero-order valence-electron chi connectivity index (χ0n) is 10.2. The third-order valence-corrected chi connectivity index (χ3v) is 3.47. The second-order valence-electron chi connectivity index (χ2n) is 5.01. The van der Waals surface area contributed by atoms with Gasteiger partial charge in [-0.3, -0.25) is 9.36 Å². The van der Waals surface area contributed by atoms with Gasteiger partial charge in [0.2, 0.25) is 0 Å². The first kappa shape index (κ1) is 12.2. The third-order valence-electron chi connectivity index (χ3n) is 3.33. The lowest BCUT2D eigenvalue weighted by Gasteiger charge is -2.17. The van der Waals surface area contributed by atoms with Crippen molar-refractivity contribution in [1.29, 1.82) is 0 Å². The number of rotatable bonds is 4. The molecule has 0 spiro atoms. The summed E-state index contributed by atoms with van der Waals surface area (Å²) in [5, 5.41) is 0. The molecule has 0 bridgehead atoms. The minimum Gasteiger partial charge on any atom is -0.393 e. The predicted octanol–water partition coefficient (Wildman–Crippen LogP) is 1.32. The fourth-order valence-corrected chi connectivity index (χ4v) is 2.54. The molecule has 1 fully saturated rings. The Hall–Kier alpha value is -1.23. The van der Waals surface area contributed by atoms with Crippen molar-refractivity contribution in [2.75, 3.05) is 0 Å². The van der Waals surface area contributed by atoms with Gasteiger partial charge in [0.05, 0.1) is 4.99 Å². The molecule has 17 heavy (non-hydrogen) atoms. The lowest BCUT2D eigenvalue weighted by Crippen LogP contribution is -2.29. The molecule has 0 amide bonds. The van der Waals surface area contributed by atoms with Gasteiger partial charge in [0.15, 0.2) is 0 Å². The van der Waals surface area contributed by atoms with Crippen molar-refractivity contribution in [2.45, 2.75) is 39.7 Å². The summed E-state index contributed by atoms with van der Waals surface area (Å²) >= 11 is 4.96. The van der Waals surface area contributed by atoms with Crippen LogP contribution in [0.3, 0.4) is 0 Å². The van der Waals surface area contributed by atoms with E-state index >= 15 is 0 Å². The summed E-state index contributed by atoms with van der Waals surface area (Å²) in [5.41, 5.74) is 6.49. The highest BCUT2D eigenvalue weighted by Crippen LogP contribution is 2.50. The Morgan fingerprint density at radius 1 is 1.59 bits per heavy atom. The molecule has 2 rings (SSSR count). The minimum absolute atomic E-state index is 0.0178. The summed E-state index contributed by atoms with van der Waals surface area (Å²) in [6.07, 6.45) is 2.90. The van der Waals surface area contributed by atoms with Crippen molar-refractivity contribution in [3.63, 3.8) is 0 Å². The van der Waals surface area contributed by atoms with Crippen LogP contribution >= 0.6 is 12.2 Å². The van der Waals surface area contributed by atoms with Crippen molar-refractivity contribution >= 4 is 17.2 Å². The molecule has 0 aromatic carbocycles. The molecule has 92 valence electrons. The number of aromatic nitrogens is 2. The predicted molar refractivity (Wildman–Crippen MR) is 71.0 cm³/mol. The summed E-state index contributed by atoms with van der Waals surface area (Å²) < 4.78 is 1.73. The van der Waals surface area contributed by atoms with Crippen LogP contribution in [0.4, 0.5) is 0 Å². The van der Waals surface area contributed by atoms with E-state index in [2.05, 4.69) is 4.98 Å². The molecule has 1 aliphatic rings. The van der Waals surface area contributed by atoms with Crippen LogP contribution in [-0.4, -0.2) is 14.5 Å². The minimum atomic E-state index is 0.0178. The summed E-state index contributed by atoms with van der Waals surface area (Å²) in [7, 11) is 0. The van der Waals surface area contributed by atoms with Crippen LogP contribution in [0.25, 0.3) is 0 Å². The Balaban J connectivity index is 2.25. The van der Waals surface area contributed by atoms with Gasteiger partial charge < -0.3 is 5.73 Å². The zero-order valence-corrected chi connectivity index (χ0v) is 11.0. The highest BCUT2D eigenvalue weighted by molar-refractivity contribution is 7.80. The largest absolute Gasteiger partial charge is 0.393 e. The second kappa shape index (κ2) is 4.22. The molecule has 5 heteroatoms. The number of nitrogens with zero attached hydrogens (tertiary/aromatic N) is 2. The normalized spacial score (nSPS) is 16.8. The first-order valence-corrected chi connectivity index (χ1v) is 6.16. The maximum atomic E-state index is 11.9. The standard InChI is InChI=1S/C12H17N3OS/c1-8-5-11(16)15(9(2)14-8)7-12(3-4-12)6-10(13)17/h5H,3-4,6-7H2,1-2H3,(H2,13,17). The topological polar surface area (TPSA) is 60.9 Å². The average Bonchev–Trinajstić information content (AvgIpc) is 2.91. The molecule has 0 radical (unpaired) electrons. The first-order valence-electron chi connectivity index (χ1n) is 5.75. The summed E-state index contributed by atoms with van der Waals surface area (Å²) in [6.45, 7) is 4.38. The molecule has 4 nitrogen and oxygen atoms in total. The molecule has 2 N–H and O–H groups in total. The number of thiocarbonyl (C=S) groups is 1. The van der Waals surface area contributed by atoms with Crippen LogP contribution in [0, 0.1) is 19.3 Å². The van der Waals surface area contributed by atoms with Crippen LogP contribution < -0.4 is 11.3 Å². The monoisotopic (exact) mass is 251 g/mol. The number of hydrogen-bond acceptors (Lipinski definition) is 3. The number of nitrogens with two attached hydrogens (primary N) is 1. The van der Waals surface area contributed by atoms with E-state index in [-0.39, 0.29) is 11.0 Å². The lowest BCUT2D eigenvalue weighted by atomic mass is 10.0. The van der Waals surface area contributed by atoms with Gasteiger partial charge in [-0.05, 0) is 32.1 Å². The van der Waals surface area contributed by atoms with Gasteiger partial charge in [0, 0.05) is 24.7 Å². The van der Waals surface area contributed by atoms with Crippen molar-refractivity contribution < 1.29 is 0 Å². The summed E-state index contributed by atoms with van der Waals surface area (Å²) in [5.74, 6) is 0.768. The smallest absolute Gasteiger partial charge is 0.253 e. The van der Waals surface area contributed by atoms with Crippen LogP contribution in [0.5, 0.6) is 0 Å². The Morgan fingerprint density at radius 2 is 2.24 bits per heavy atom. The first-order chi connectivity index (χ1) is 7.92. The van der Waals surface area contributed by atoms with E-state index in [0.717, 1.165) is 30.8 Å². The van der Waals surface area contributed by atoms with Crippen LogP contribution in [-0.2, 0) is 6.54 Å². The average molecular weight is 251 g/mol. The molecular formula is C12H17N3OS. The molecule has 0 saturated heterocycles. The molecule has 1 aliphatic carbocycles. The highest BCUT2D eigenvalue weighted by Gasteiger charge is 2.43. The van der Waals surface area contributed by atoms with Crippen LogP contribution in [0.2, 0.25) is 0 Å². The third kappa shape index (κ3) is 2.72. The van der Waals surface area contributed by atoms with E-state index in [1.165, 1.54) is 0 Å². The number of aryl methyl sites for hydroxylation is 2. The van der Waals surface area contributed by atoms with Crippen LogP contribution in [0.1, 0.15) is 30.8 Å². The highest BCUT2D eigenvalue weighted by atomic mass is 32.1. The fraction of sp³-hybridized carbons (Fsp3) is 0.583. The van der Waals surface area contributed by atoms with Gasteiger partial charge in [-0.2, -0.15) is 0 Å². The molecule has 0 unspecified atom stereocenters. The van der Waals surface area contributed by atoms with E-state index in [1.807, 2.05) is 13.8 Å². The van der Waals surface area contributed by atoms with E-state index in [9.17, 15) is 4.79 Å². The van der Waals surface area contributed by atoms with E-state index in [0.29, 0.717) is 11.5 Å². The Kier molecular flexibility index (Phi) is 3.03.